The molecule has 2 aliphatic rings. The molecule has 0 fully saturated rings. The van der Waals surface area contributed by atoms with E-state index in [2.05, 4.69) is 36.4 Å². The van der Waals surface area contributed by atoms with Crippen LogP contribution in [0.1, 0.15) is 30.5 Å². The van der Waals surface area contributed by atoms with Gasteiger partial charge in [-0.2, -0.15) is 0 Å². The van der Waals surface area contributed by atoms with Crippen LogP contribution in [0.5, 0.6) is 0 Å². The summed E-state index contributed by atoms with van der Waals surface area (Å²) < 4.78 is 6.42. The number of ketones is 1. The zero-order valence-electron chi connectivity index (χ0n) is 12.8. The van der Waals surface area contributed by atoms with Crippen molar-refractivity contribution < 1.29 is 9.53 Å². The van der Waals surface area contributed by atoms with Crippen LogP contribution in [0.25, 0.3) is 0 Å². The van der Waals surface area contributed by atoms with Crippen molar-refractivity contribution in [2.45, 2.75) is 25.9 Å². The van der Waals surface area contributed by atoms with Crippen molar-refractivity contribution >= 4 is 5.78 Å². The first-order valence-electron chi connectivity index (χ1n) is 7.69. The average molecular weight is 290 g/mol. The van der Waals surface area contributed by atoms with Gasteiger partial charge in [-0.25, -0.2) is 0 Å². The SMILES string of the molecule is CC(=O)C1=C(C)OC2(c3ccccc3)c3ccccc3CC12. The van der Waals surface area contributed by atoms with Gasteiger partial charge in [0.05, 0.1) is 0 Å². The van der Waals surface area contributed by atoms with Crippen LogP contribution in [0.4, 0.5) is 0 Å². The Morgan fingerprint density at radius 3 is 2.50 bits per heavy atom. The van der Waals surface area contributed by atoms with Crippen molar-refractivity contribution in [2.24, 2.45) is 5.92 Å². The minimum absolute atomic E-state index is 0.0739. The third-order valence-corrected chi connectivity index (χ3v) is 4.96. The quantitative estimate of drug-likeness (QED) is 0.835. The van der Waals surface area contributed by atoms with Gasteiger partial charge in [0, 0.05) is 22.6 Å². The van der Waals surface area contributed by atoms with Crippen molar-refractivity contribution in [3.63, 3.8) is 0 Å². The molecular formula is C20H18O2. The van der Waals surface area contributed by atoms with Gasteiger partial charge in [0.15, 0.2) is 11.4 Å². The summed E-state index contributed by atoms with van der Waals surface area (Å²) in [6.45, 7) is 3.56. The van der Waals surface area contributed by atoms with Gasteiger partial charge < -0.3 is 4.74 Å². The molecule has 0 bridgehead atoms. The number of carbonyl (C=O) groups is 1. The Morgan fingerprint density at radius 1 is 1.09 bits per heavy atom. The van der Waals surface area contributed by atoms with Crippen LogP contribution in [0.3, 0.4) is 0 Å². The Balaban J connectivity index is 1.98. The molecule has 0 radical (unpaired) electrons. The summed E-state index contributed by atoms with van der Waals surface area (Å²) >= 11 is 0. The summed E-state index contributed by atoms with van der Waals surface area (Å²) in [7, 11) is 0. The molecule has 4 rings (SSSR count). The van der Waals surface area contributed by atoms with E-state index in [4.69, 9.17) is 4.74 Å². The summed E-state index contributed by atoms with van der Waals surface area (Å²) in [5.74, 6) is 0.966. The van der Waals surface area contributed by atoms with E-state index in [1.54, 1.807) is 6.92 Å². The lowest BCUT2D eigenvalue weighted by molar-refractivity contribution is -0.114. The number of ether oxygens (including phenoxy) is 1. The van der Waals surface area contributed by atoms with Crippen molar-refractivity contribution in [3.8, 4) is 0 Å². The number of Topliss-reactive ketones (excluding diaryl/α,β-unsaturated/α-hetero) is 1. The molecule has 0 spiro atoms. The van der Waals surface area contributed by atoms with Gasteiger partial charge >= 0.3 is 0 Å². The monoisotopic (exact) mass is 290 g/mol. The molecule has 0 N–H and O–H groups in total. The van der Waals surface area contributed by atoms with Crippen LogP contribution in [0.2, 0.25) is 0 Å². The van der Waals surface area contributed by atoms with Gasteiger partial charge in [0.2, 0.25) is 0 Å². The maximum Gasteiger partial charge on any atom is 0.166 e. The number of hydrogen-bond donors (Lipinski definition) is 0. The number of benzene rings is 2. The minimum Gasteiger partial charge on any atom is -0.481 e. The average Bonchev–Trinajstić information content (AvgIpc) is 2.98. The second-order valence-electron chi connectivity index (χ2n) is 6.14. The smallest absolute Gasteiger partial charge is 0.166 e. The Hall–Kier alpha value is -2.35. The fourth-order valence-corrected chi connectivity index (χ4v) is 4.18. The highest BCUT2D eigenvalue weighted by Crippen LogP contribution is 2.57. The van der Waals surface area contributed by atoms with Gasteiger partial charge in [0.1, 0.15) is 5.76 Å². The van der Waals surface area contributed by atoms with Crippen LogP contribution < -0.4 is 0 Å². The molecule has 1 heterocycles. The zero-order valence-corrected chi connectivity index (χ0v) is 12.8. The van der Waals surface area contributed by atoms with Crippen molar-refractivity contribution in [3.05, 3.63) is 82.6 Å². The third kappa shape index (κ3) is 1.58. The van der Waals surface area contributed by atoms with Crippen LogP contribution >= 0.6 is 0 Å². The molecular weight excluding hydrogens is 272 g/mol. The molecule has 0 amide bonds. The van der Waals surface area contributed by atoms with Gasteiger partial charge in [-0.1, -0.05) is 54.6 Å². The van der Waals surface area contributed by atoms with Crippen LogP contribution in [-0.2, 0) is 21.6 Å². The number of hydrogen-bond acceptors (Lipinski definition) is 2. The molecule has 0 saturated carbocycles. The predicted molar refractivity (Wildman–Crippen MR) is 85.3 cm³/mol. The number of allylic oxidation sites excluding steroid dienone is 1. The molecule has 2 aromatic rings. The minimum atomic E-state index is -0.539. The molecule has 1 aliphatic heterocycles. The molecule has 2 atom stereocenters. The highest BCUT2D eigenvalue weighted by Gasteiger charge is 2.56. The molecule has 2 unspecified atom stereocenters. The molecule has 1 aliphatic carbocycles. The van der Waals surface area contributed by atoms with E-state index in [1.807, 2.05) is 25.1 Å². The second kappa shape index (κ2) is 4.57. The predicted octanol–water partition coefficient (Wildman–Crippen LogP) is 4.00. The highest BCUT2D eigenvalue weighted by molar-refractivity contribution is 5.95. The van der Waals surface area contributed by atoms with E-state index in [1.165, 1.54) is 11.1 Å². The van der Waals surface area contributed by atoms with E-state index in [0.29, 0.717) is 0 Å². The first kappa shape index (κ1) is 13.3. The van der Waals surface area contributed by atoms with E-state index in [-0.39, 0.29) is 11.7 Å². The van der Waals surface area contributed by atoms with Gasteiger partial charge in [-0.05, 0) is 25.8 Å². The normalized spacial score (nSPS) is 25.6. The Morgan fingerprint density at radius 2 is 1.77 bits per heavy atom. The Labute approximate surface area is 130 Å². The van der Waals surface area contributed by atoms with E-state index in [0.717, 1.165) is 23.3 Å². The van der Waals surface area contributed by atoms with Crippen molar-refractivity contribution in [2.75, 3.05) is 0 Å². The molecule has 0 saturated heterocycles. The summed E-state index contributed by atoms with van der Waals surface area (Å²) in [6, 6.07) is 18.7. The zero-order chi connectivity index (χ0) is 15.3. The lowest BCUT2D eigenvalue weighted by Gasteiger charge is -2.32. The van der Waals surface area contributed by atoms with Crippen molar-refractivity contribution in [1.82, 2.24) is 0 Å². The Bertz CT molecular complexity index is 788. The van der Waals surface area contributed by atoms with Crippen LogP contribution in [0.15, 0.2) is 65.9 Å². The number of carbonyl (C=O) groups excluding carboxylic acids is 1. The van der Waals surface area contributed by atoms with E-state index < -0.39 is 5.60 Å². The fraction of sp³-hybridized carbons (Fsp3) is 0.250. The Kier molecular flexibility index (Phi) is 2.77. The van der Waals surface area contributed by atoms with Gasteiger partial charge in [-0.3, -0.25) is 4.79 Å². The number of fused-ring (bicyclic) bond motifs is 3. The summed E-state index contributed by atoms with van der Waals surface area (Å²) in [4.78, 5) is 12.2. The molecule has 110 valence electrons. The lowest BCUT2D eigenvalue weighted by atomic mass is 9.78. The van der Waals surface area contributed by atoms with Gasteiger partial charge in [-0.15, -0.1) is 0 Å². The molecule has 2 aromatic carbocycles. The topological polar surface area (TPSA) is 26.3 Å². The largest absolute Gasteiger partial charge is 0.481 e. The fourth-order valence-electron chi connectivity index (χ4n) is 4.18. The molecule has 2 heteroatoms. The molecule has 0 aromatic heterocycles. The maximum absolute atomic E-state index is 12.2. The summed E-state index contributed by atoms with van der Waals surface area (Å²) in [5.41, 5.74) is 3.91. The van der Waals surface area contributed by atoms with Crippen LogP contribution in [0, 0.1) is 5.92 Å². The van der Waals surface area contributed by atoms with E-state index >= 15 is 0 Å². The molecule has 2 nitrogen and oxygen atoms in total. The second-order valence-corrected chi connectivity index (χ2v) is 6.14. The first-order valence-corrected chi connectivity index (χ1v) is 7.69. The van der Waals surface area contributed by atoms with Crippen molar-refractivity contribution in [1.29, 1.82) is 0 Å². The third-order valence-electron chi connectivity index (χ3n) is 4.96. The highest BCUT2D eigenvalue weighted by atomic mass is 16.5. The number of rotatable bonds is 2. The lowest BCUT2D eigenvalue weighted by Crippen LogP contribution is -2.32. The van der Waals surface area contributed by atoms with E-state index in [9.17, 15) is 4.79 Å². The van der Waals surface area contributed by atoms with Crippen LogP contribution in [-0.4, -0.2) is 5.78 Å². The standard InChI is InChI=1S/C20H18O2/c1-13(21)19-14(2)22-20(16-9-4-3-5-10-16)17-11-7-6-8-15(17)12-18(19)20/h3-11,18H,12H2,1-2H3. The first-order chi connectivity index (χ1) is 10.6. The molecule has 22 heavy (non-hydrogen) atoms. The maximum atomic E-state index is 12.2. The summed E-state index contributed by atoms with van der Waals surface area (Å²) in [5, 5.41) is 0. The van der Waals surface area contributed by atoms with Gasteiger partial charge in [0.25, 0.3) is 0 Å². The summed E-state index contributed by atoms with van der Waals surface area (Å²) in [6.07, 6.45) is 0.858.